The lowest BCUT2D eigenvalue weighted by Gasteiger charge is -2.28. The molecule has 6 aliphatic rings. The monoisotopic (exact) mass is 823 g/mol. The molecule has 13 heteroatoms. The molecule has 13 nitrogen and oxygen atoms in total. The largest absolute Gasteiger partial charge is 0.453 e. The molecule has 6 aliphatic heterocycles. The summed E-state index contributed by atoms with van der Waals surface area (Å²) in [4.78, 5) is 66.6. The molecule has 61 heavy (non-hydrogen) atoms. The van der Waals surface area contributed by atoms with Crippen LogP contribution in [0.25, 0.3) is 22.3 Å². The second-order valence-electron chi connectivity index (χ2n) is 16.9. The van der Waals surface area contributed by atoms with Crippen molar-refractivity contribution < 1.29 is 28.7 Å². The number of likely N-dealkylation sites (tertiary alicyclic amines) is 2. The molecule has 0 aromatic heterocycles. The number of nitrogens with zero attached hydrogens (tertiary/aromatic N) is 5. The molecule has 3 saturated heterocycles. The van der Waals surface area contributed by atoms with Crippen molar-refractivity contribution in [3.8, 4) is 11.1 Å². The van der Waals surface area contributed by atoms with E-state index in [4.69, 9.17) is 19.5 Å². The van der Waals surface area contributed by atoms with Gasteiger partial charge < -0.3 is 34.8 Å². The van der Waals surface area contributed by atoms with E-state index in [2.05, 4.69) is 82.3 Å². The summed E-state index contributed by atoms with van der Waals surface area (Å²) in [5, 5.41) is 5.24. The van der Waals surface area contributed by atoms with E-state index in [1.807, 2.05) is 22.2 Å². The molecule has 2 N–H and O–H groups in total. The normalized spacial score (nSPS) is 23.5. The van der Waals surface area contributed by atoms with Gasteiger partial charge in [-0.05, 0) is 109 Å². The average molecular weight is 824 g/mol. The molecule has 3 fully saturated rings. The maximum Gasteiger partial charge on any atom is 0.407 e. The van der Waals surface area contributed by atoms with E-state index in [1.165, 1.54) is 53.3 Å². The first-order valence-electron chi connectivity index (χ1n) is 21.6. The lowest BCUT2D eigenvalue weighted by atomic mass is 9.80. The third-order valence-corrected chi connectivity index (χ3v) is 13.4. The minimum absolute atomic E-state index is 0.0957. The van der Waals surface area contributed by atoms with Gasteiger partial charge in [-0.1, -0.05) is 54.6 Å². The first-order valence-corrected chi connectivity index (χ1v) is 21.6. The number of nitrogens with one attached hydrogen (secondary N) is 2. The molecule has 0 spiro atoms. The van der Waals surface area contributed by atoms with Crippen molar-refractivity contribution in [2.24, 2.45) is 9.98 Å². The number of para-hydroxylation sites is 1. The summed E-state index contributed by atoms with van der Waals surface area (Å²) in [6.45, 7) is 4.65. The van der Waals surface area contributed by atoms with Crippen molar-refractivity contribution in [3.63, 3.8) is 0 Å². The SMILES string of the molecule is COC(=O)N[C@@H](C)C(=O)N1CCCC1C1=NC=C(c2ccc(-c3ccc(C4=CN=C(C5CCCN5C(=O)[C@@H](C)NC(=O)OC)C4)cc3)c3c2C2CCC3N2c2ccccc2)C1. The smallest absolute Gasteiger partial charge is 0.407 e. The summed E-state index contributed by atoms with van der Waals surface area (Å²) in [7, 11) is 2.59. The van der Waals surface area contributed by atoms with Crippen molar-refractivity contribution >= 4 is 52.3 Å². The summed E-state index contributed by atoms with van der Waals surface area (Å²) in [5.74, 6) is -0.251. The number of benzene rings is 3. The molecule has 4 amide bonds. The van der Waals surface area contributed by atoms with E-state index < -0.39 is 24.3 Å². The molecule has 0 radical (unpaired) electrons. The van der Waals surface area contributed by atoms with Crippen molar-refractivity contribution in [1.29, 1.82) is 0 Å². The lowest BCUT2D eigenvalue weighted by Crippen LogP contribution is -2.50. The van der Waals surface area contributed by atoms with Gasteiger partial charge in [0.05, 0.1) is 38.4 Å². The number of methoxy groups -OCH3 is 2. The van der Waals surface area contributed by atoms with Crippen LogP contribution in [0.4, 0.5) is 15.3 Å². The minimum atomic E-state index is -0.694. The van der Waals surface area contributed by atoms with E-state index in [0.29, 0.717) is 25.9 Å². The zero-order valence-electron chi connectivity index (χ0n) is 35.2. The van der Waals surface area contributed by atoms with Gasteiger partial charge in [0.2, 0.25) is 11.8 Å². The van der Waals surface area contributed by atoms with Gasteiger partial charge in [0.15, 0.2) is 0 Å². The molecule has 3 aromatic rings. The summed E-state index contributed by atoms with van der Waals surface area (Å²) in [6.07, 6.45) is 9.66. The molecular weight excluding hydrogens is 771 g/mol. The predicted octanol–water partition coefficient (Wildman–Crippen LogP) is 7.59. The van der Waals surface area contributed by atoms with Crippen LogP contribution in [-0.2, 0) is 19.1 Å². The Bertz CT molecular complexity index is 2370. The number of carbonyl (C=O) groups excluding carboxylic acids is 4. The number of anilines is 1. The molecule has 316 valence electrons. The lowest BCUT2D eigenvalue weighted by molar-refractivity contribution is -0.133. The third-order valence-electron chi connectivity index (χ3n) is 13.4. The molecule has 9 rings (SSSR count). The van der Waals surface area contributed by atoms with Crippen LogP contribution < -0.4 is 15.5 Å². The van der Waals surface area contributed by atoms with Gasteiger partial charge in [-0.2, -0.15) is 0 Å². The summed E-state index contributed by atoms with van der Waals surface area (Å²) < 4.78 is 9.44. The van der Waals surface area contributed by atoms with Crippen molar-refractivity contribution in [2.45, 2.75) is 101 Å². The zero-order valence-corrected chi connectivity index (χ0v) is 35.2. The second kappa shape index (κ2) is 16.7. The second-order valence-corrected chi connectivity index (χ2v) is 16.9. The molecular formula is C48H53N7O6. The van der Waals surface area contributed by atoms with E-state index in [-0.39, 0.29) is 36.0 Å². The van der Waals surface area contributed by atoms with Gasteiger partial charge in [0.25, 0.3) is 0 Å². The number of rotatable bonds is 10. The Labute approximate surface area is 356 Å². The van der Waals surface area contributed by atoms with Crippen molar-refractivity contribution in [1.82, 2.24) is 20.4 Å². The van der Waals surface area contributed by atoms with Crippen molar-refractivity contribution in [3.05, 3.63) is 101 Å². The quantitative estimate of drug-likeness (QED) is 0.214. The number of hydrogen-bond donors (Lipinski definition) is 2. The highest BCUT2D eigenvalue weighted by Gasteiger charge is 2.47. The molecule has 0 aliphatic carbocycles. The number of ether oxygens (including phenoxy) is 2. The van der Waals surface area contributed by atoms with Gasteiger partial charge in [-0.25, -0.2) is 9.59 Å². The Morgan fingerprint density at radius 2 is 1.10 bits per heavy atom. The average Bonchev–Trinajstić information content (AvgIpc) is 4.16. The highest BCUT2D eigenvalue weighted by molar-refractivity contribution is 6.05. The molecule has 0 saturated carbocycles. The van der Waals surface area contributed by atoms with Crippen LogP contribution in [0, 0.1) is 0 Å². The number of allylic oxidation sites excluding steroid dienone is 2. The van der Waals surface area contributed by atoms with Gasteiger partial charge in [-0.15, -0.1) is 0 Å². The van der Waals surface area contributed by atoms with Crippen LogP contribution in [0.1, 0.15) is 99.6 Å². The van der Waals surface area contributed by atoms with Crippen LogP contribution >= 0.6 is 0 Å². The summed E-state index contributed by atoms with van der Waals surface area (Å²) in [5.41, 5.74) is 13.0. The summed E-state index contributed by atoms with van der Waals surface area (Å²) >= 11 is 0. The maximum atomic E-state index is 13.5. The van der Waals surface area contributed by atoms with Crippen LogP contribution in [0.5, 0.6) is 0 Å². The number of aliphatic imine (C=N–C) groups is 2. The number of hydrogen-bond acceptors (Lipinski definition) is 9. The highest BCUT2D eigenvalue weighted by Crippen LogP contribution is 2.59. The number of carbonyl (C=O) groups is 4. The Hall–Kier alpha value is -6.24. The number of amides is 4. The molecule has 6 heterocycles. The zero-order chi connectivity index (χ0) is 42.4. The maximum absolute atomic E-state index is 13.5. The van der Waals surface area contributed by atoms with Gasteiger partial charge in [0.1, 0.15) is 12.1 Å². The molecule has 6 atom stereocenters. The first-order chi connectivity index (χ1) is 29.6. The summed E-state index contributed by atoms with van der Waals surface area (Å²) in [6, 6.07) is 23.0. The highest BCUT2D eigenvalue weighted by atomic mass is 16.5. The van der Waals surface area contributed by atoms with Gasteiger partial charge >= 0.3 is 12.2 Å². The number of alkyl carbamates (subject to hydrolysis) is 2. The third kappa shape index (κ3) is 7.37. The van der Waals surface area contributed by atoms with Gasteiger partial charge in [0, 0.05) is 55.4 Å². The van der Waals surface area contributed by atoms with E-state index in [1.54, 1.807) is 13.8 Å². The topological polar surface area (TPSA) is 145 Å². The van der Waals surface area contributed by atoms with Crippen LogP contribution in [-0.4, -0.2) is 96.7 Å². The fraction of sp³-hybridized carbons (Fsp3) is 0.417. The Morgan fingerprint density at radius 3 is 1.66 bits per heavy atom. The van der Waals surface area contributed by atoms with E-state index in [9.17, 15) is 19.2 Å². The van der Waals surface area contributed by atoms with Crippen molar-refractivity contribution in [2.75, 3.05) is 32.2 Å². The fourth-order valence-corrected chi connectivity index (χ4v) is 10.6. The first kappa shape index (κ1) is 40.2. The van der Waals surface area contributed by atoms with Crippen LogP contribution in [0.3, 0.4) is 0 Å². The van der Waals surface area contributed by atoms with E-state index >= 15 is 0 Å². The fourth-order valence-electron chi connectivity index (χ4n) is 10.6. The predicted molar refractivity (Wildman–Crippen MR) is 235 cm³/mol. The Morgan fingerprint density at radius 1 is 0.607 bits per heavy atom. The molecule has 4 unspecified atom stereocenters. The van der Waals surface area contributed by atoms with E-state index in [0.717, 1.165) is 61.1 Å². The van der Waals surface area contributed by atoms with Crippen LogP contribution in [0.2, 0.25) is 0 Å². The minimum Gasteiger partial charge on any atom is -0.453 e. The molecule has 2 bridgehead atoms. The van der Waals surface area contributed by atoms with Gasteiger partial charge in [-0.3, -0.25) is 19.6 Å². The van der Waals surface area contributed by atoms with Crippen LogP contribution in [0.15, 0.2) is 89.1 Å². The Balaban J connectivity index is 0.948. The standard InChI is InChI=1S/C48H53N7O6/c1-28(51-47(58)60-3)45(56)53-22-8-12-39(53)37-24-32(26-49-37)30-14-16-31(17-15-30)35-18-19-36(44-42-21-20-41(43(35)44)55(42)34-10-6-5-7-11-34)33-25-38(50-27-33)40-13-9-23-54(40)46(57)29(2)52-48(59)61-4/h5-7,10-11,14-19,26-29,39-42H,8-9,12-13,20-25H2,1-4H3,(H,51,58)(H,52,59)/t28-,29+,39?,40?,41?,42?/m1/s1. The number of fused-ring (bicyclic) bond motifs is 5. The molecule has 3 aromatic carbocycles. The Kier molecular flexibility index (Phi) is 11.0.